The first-order chi connectivity index (χ1) is 2.21. The molecule has 1 aliphatic heterocycles. The van der Waals surface area contributed by atoms with E-state index in [0.717, 1.165) is 0 Å². The molecule has 0 amide bonds. The lowest BCUT2D eigenvalue weighted by molar-refractivity contribution is 1.69. The van der Waals surface area contributed by atoms with Crippen LogP contribution in [0.15, 0.2) is 0 Å². The Morgan fingerprint density at radius 2 is 1.80 bits per heavy atom. The lowest BCUT2D eigenvalue weighted by Gasteiger charge is -1.82. The van der Waals surface area contributed by atoms with Crippen molar-refractivity contribution in [2.24, 2.45) is 0 Å². The van der Waals surface area contributed by atoms with Gasteiger partial charge in [-0.3, -0.25) is 0 Å². The highest BCUT2D eigenvalue weighted by Gasteiger charge is 2.32. The molecule has 0 bridgehead atoms. The second kappa shape index (κ2) is 0.672. The van der Waals surface area contributed by atoms with Gasteiger partial charge in [0.05, 0.1) is 7.44 Å². The van der Waals surface area contributed by atoms with E-state index in [4.69, 9.17) is 7.44 Å². The Labute approximate surface area is 34.9 Å². The van der Waals surface area contributed by atoms with Crippen molar-refractivity contribution < 1.29 is 0 Å². The van der Waals surface area contributed by atoms with Crippen LogP contribution in [0.1, 0.15) is 0 Å². The van der Waals surface area contributed by atoms with Crippen molar-refractivity contribution in [3.8, 4) is 0 Å². The second-order valence-electron chi connectivity index (χ2n) is 2.15. The normalized spacial score (nSPS) is 29.8. The zero-order valence-corrected chi connectivity index (χ0v) is 4.49. The number of hydrogen-bond acceptors (Lipinski definition) is 0. The maximum absolute atomic E-state index is 5.60. The van der Waals surface area contributed by atoms with E-state index in [9.17, 15) is 0 Å². The van der Waals surface area contributed by atoms with E-state index in [1.165, 1.54) is 12.1 Å². The van der Waals surface area contributed by atoms with Crippen LogP contribution in [0.25, 0.3) is 0 Å². The zero-order chi connectivity index (χ0) is 3.91. The first-order valence-electron chi connectivity index (χ1n) is 2.00. The maximum atomic E-state index is 5.60. The summed E-state index contributed by atoms with van der Waals surface area (Å²) in [7, 11) is 4.74. The SMILES string of the molecule is [B][Si]1(C)CC1. The third-order valence-corrected chi connectivity index (χ3v) is 3.12. The second-order valence-corrected chi connectivity index (χ2v) is 6.46. The summed E-state index contributed by atoms with van der Waals surface area (Å²) in [5.74, 6) is 0. The molecule has 1 saturated heterocycles. The quantitative estimate of drug-likeness (QED) is 0.378. The fraction of sp³-hybridized carbons (Fsp3) is 1.00. The highest BCUT2D eigenvalue weighted by Crippen LogP contribution is 2.31. The van der Waals surface area contributed by atoms with E-state index in [-0.39, 0.29) is 0 Å². The van der Waals surface area contributed by atoms with Gasteiger partial charge in [0, 0.05) is 7.94 Å². The average Bonchev–Trinajstić information content (AvgIpc) is 1.76. The number of rotatable bonds is 0. The van der Waals surface area contributed by atoms with Crippen molar-refractivity contribution in [1.29, 1.82) is 0 Å². The molecule has 5 heavy (non-hydrogen) atoms. The molecular weight excluding hydrogens is 74.9 g/mol. The van der Waals surface area contributed by atoms with Gasteiger partial charge in [0.2, 0.25) is 0 Å². The Bertz CT molecular complexity index is 44.9. The van der Waals surface area contributed by atoms with Crippen molar-refractivity contribution in [2.75, 3.05) is 0 Å². The highest BCUT2D eigenvalue weighted by atomic mass is 28.3. The lowest BCUT2D eigenvalue weighted by atomic mass is 10.7. The van der Waals surface area contributed by atoms with Crippen molar-refractivity contribution in [2.45, 2.75) is 18.6 Å². The Hall–Kier alpha value is 0.282. The van der Waals surface area contributed by atoms with Gasteiger partial charge in [-0.15, -0.1) is 0 Å². The molecule has 1 rings (SSSR count). The van der Waals surface area contributed by atoms with Gasteiger partial charge >= 0.3 is 0 Å². The summed E-state index contributed by atoms with van der Waals surface area (Å²) < 4.78 is 0. The minimum atomic E-state index is -0.861. The third kappa shape index (κ3) is 0.799. The molecule has 0 aromatic rings. The molecule has 0 saturated carbocycles. The summed E-state index contributed by atoms with van der Waals surface area (Å²) in [6, 6.07) is 2.74. The fourth-order valence-corrected chi connectivity index (χ4v) is 1.77. The summed E-state index contributed by atoms with van der Waals surface area (Å²) in [5.41, 5.74) is 0. The van der Waals surface area contributed by atoms with Crippen LogP contribution >= 0.6 is 0 Å². The van der Waals surface area contributed by atoms with Gasteiger partial charge < -0.3 is 0 Å². The summed E-state index contributed by atoms with van der Waals surface area (Å²) in [4.78, 5) is 0. The van der Waals surface area contributed by atoms with E-state index in [0.29, 0.717) is 0 Å². The predicted octanol–water partition coefficient (Wildman–Crippen LogP) is 0.744. The number of hydrogen-bond donors (Lipinski definition) is 0. The fourth-order valence-electron chi connectivity index (χ4n) is 0.197. The van der Waals surface area contributed by atoms with Gasteiger partial charge in [-0.25, -0.2) is 0 Å². The van der Waals surface area contributed by atoms with Crippen LogP contribution in [0.4, 0.5) is 0 Å². The van der Waals surface area contributed by atoms with Gasteiger partial charge in [-0.1, -0.05) is 18.6 Å². The van der Waals surface area contributed by atoms with Crippen LogP contribution in [0.3, 0.4) is 0 Å². The van der Waals surface area contributed by atoms with Gasteiger partial charge in [-0.2, -0.15) is 0 Å². The van der Waals surface area contributed by atoms with E-state index < -0.39 is 7.94 Å². The van der Waals surface area contributed by atoms with Crippen LogP contribution in [-0.2, 0) is 0 Å². The van der Waals surface area contributed by atoms with E-state index in [2.05, 4.69) is 6.55 Å². The van der Waals surface area contributed by atoms with Crippen molar-refractivity contribution in [3.05, 3.63) is 0 Å². The first kappa shape index (κ1) is 3.47. The molecule has 1 heterocycles. The van der Waals surface area contributed by atoms with E-state index in [1.807, 2.05) is 0 Å². The molecule has 0 aromatic carbocycles. The van der Waals surface area contributed by atoms with Crippen LogP contribution in [0.5, 0.6) is 0 Å². The Kier molecular flexibility index (Phi) is 0.467. The van der Waals surface area contributed by atoms with Crippen molar-refractivity contribution in [1.82, 2.24) is 0 Å². The van der Waals surface area contributed by atoms with Crippen LogP contribution in [0.2, 0.25) is 18.6 Å². The molecular formula is C3H7BSi. The Morgan fingerprint density at radius 3 is 1.80 bits per heavy atom. The summed E-state index contributed by atoms with van der Waals surface area (Å²) in [5, 5.41) is 0. The minimum absolute atomic E-state index is 0.861. The first-order valence-corrected chi connectivity index (χ1v) is 4.99. The molecule has 0 aliphatic carbocycles. The summed E-state index contributed by atoms with van der Waals surface area (Å²) in [6.45, 7) is 2.22. The topological polar surface area (TPSA) is 0 Å². The van der Waals surface area contributed by atoms with Crippen LogP contribution in [-0.4, -0.2) is 15.4 Å². The van der Waals surface area contributed by atoms with Crippen LogP contribution in [0, 0.1) is 0 Å². The average molecular weight is 82.0 g/mol. The summed E-state index contributed by atoms with van der Waals surface area (Å²) in [6.07, 6.45) is 0. The predicted molar refractivity (Wildman–Crippen MR) is 27.0 cm³/mol. The zero-order valence-electron chi connectivity index (χ0n) is 3.49. The Balaban J connectivity index is 2.38. The van der Waals surface area contributed by atoms with E-state index in [1.54, 1.807) is 0 Å². The molecule has 0 atom stereocenters. The molecule has 0 aromatic heterocycles. The highest BCUT2D eigenvalue weighted by molar-refractivity contribution is 7.22. The van der Waals surface area contributed by atoms with Crippen LogP contribution < -0.4 is 0 Å². The molecule has 26 valence electrons. The van der Waals surface area contributed by atoms with Gasteiger partial charge in [0.1, 0.15) is 0 Å². The van der Waals surface area contributed by atoms with Gasteiger partial charge in [0.15, 0.2) is 0 Å². The maximum Gasteiger partial charge on any atom is 0.0568 e. The third-order valence-electron chi connectivity index (χ3n) is 1.04. The summed E-state index contributed by atoms with van der Waals surface area (Å²) >= 11 is 0. The molecule has 2 heteroatoms. The van der Waals surface area contributed by atoms with Crippen molar-refractivity contribution >= 4 is 15.4 Å². The molecule has 0 spiro atoms. The largest absolute Gasteiger partial charge is 0.0756 e. The minimum Gasteiger partial charge on any atom is -0.0756 e. The molecule has 0 nitrogen and oxygen atoms in total. The molecule has 1 aliphatic rings. The Morgan fingerprint density at radius 1 is 1.60 bits per heavy atom. The monoisotopic (exact) mass is 82.0 g/mol. The van der Waals surface area contributed by atoms with Gasteiger partial charge in [-0.05, 0) is 0 Å². The molecule has 2 radical (unpaired) electrons. The molecule has 0 N–H and O–H groups in total. The smallest absolute Gasteiger partial charge is 0.0568 e. The van der Waals surface area contributed by atoms with Crippen molar-refractivity contribution in [3.63, 3.8) is 0 Å². The van der Waals surface area contributed by atoms with E-state index >= 15 is 0 Å². The standard InChI is InChI=1S/C3H7BSi/c1-5(4)2-3-5/h2-3H2,1H3. The molecule has 1 fully saturated rings. The lowest BCUT2D eigenvalue weighted by Crippen LogP contribution is -2.04. The van der Waals surface area contributed by atoms with Gasteiger partial charge in [0.25, 0.3) is 0 Å². The molecule has 0 unspecified atom stereocenters.